The Kier molecular flexibility index (Phi) is 10.1. The number of fused-ring (bicyclic) bond motifs is 7. The second-order valence-corrected chi connectivity index (χ2v) is 22.9. The fourth-order valence-electron chi connectivity index (χ4n) is 11.0. The summed E-state index contributed by atoms with van der Waals surface area (Å²) in [5.41, 5.74) is 11.8. The van der Waals surface area contributed by atoms with Gasteiger partial charge in [0, 0.05) is 59.6 Å². The van der Waals surface area contributed by atoms with Crippen LogP contribution in [0.4, 0.5) is 34.1 Å². The molecule has 12 rings (SSSR count). The monoisotopic (exact) mass is 892 g/mol. The summed E-state index contributed by atoms with van der Waals surface area (Å²) in [5.74, 6) is 0. The van der Waals surface area contributed by atoms with Crippen LogP contribution in [0.5, 0.6) is 0 Å². The topological polar surface area (TPSA) is 6.48 Å². The van der Waals surface area contributed by atoms with E-state index in [1.165, 1.54) is 68.9 Å². The van der Waals surface area contributed by atoms with E-state index >= 15 is 0 Å². The van der Waals surface area contributed by atoms with Crippen LogP contribution in [0.1, 0.15) is 25.0 Å². The second kappa shape index (κ2) is 16.6. The molecule has 0 saturated heterocycles. The van der Waals surface area contributed by atoms with E-state index in [4.69, 9.17) is 0 Å². The second-order valence-electron chi connectivity index (χ2n) is 18.1. The Morgan fingerprint density at radius 1 is 0.373 bits per heavy atom. The quantitative estimate of drug-likeness (QED) is 0.0997. The molecule has 0 fully saturated rings. The number of rotatable bonds is 10. The van der Waals surface area contributed by atoms with Crippen molar-refractivity contribution in [1.82, 2.24) is 0 Å². The lowest BCUT2D eigenvalue weighted by Gasteiger charge is -2.35. The Morgan fingerprint density at radius 3 is 1.37 bits per heavy atom. The largest absolute Gasteiger partial charge is 0.310 e. The van der Waals surface area contributed by atoms with Gasteiger partial charge in [-0.25, -0.2) is 0 Å². The Balaban J connectivity index is 1.09. The summed E-state index contributed by atoms with van der Waals surface area (Å²) in [5, 5.41) is 8.01. The minimum atomic E-state index is -2.81. The Labute approximate surface area is 398 Å². The minimum Gasteiger partial charge on any atom is -0.310 e. The Bertz CT molecular complexity index is 3400. The molecule has 0 bridgehead atoms. The maximum Gasteiger partial charge on any atom is 0.179 e. The zero-order chi connectivity index (χ0) is 45.0. The first kappa shape index (κ1) is 40.7. The van der Waals surface area contributed by atoms with E-state index in [1.54, 1.807) is 0 Å². The first-order valence-corrected chi connectivity index (χ1v) is 26.0. The summed E-state index contributed by atoms with van der Waals surface area (Å²) in [4.78, 5) is 4.94. The van der Waals surface area contributed by atoms with Gasteiger partial charge in [0.1, 0.15) is 0 Å². The third kappa shape index (κ3) is 6.66. The highest BCUT2D eigenvalue weighted by molar-refractivity contribution is 7.26. The highest BCUT2D eigenvalue weighted by Gasteiger charge is 2.43. The molecular formula is C63H48N2SSi. The number of para-hydroxylation sites is 3. The standard InChI is InChI=1S/C63H48N2SSi/c1-63(2)57-43-49(40-41-55(57)60-58(44-56-54-38-21-22-39-59(54)66-62(56)61(60)63)65(46-26-11-4-12-27-46)47-28-13-5-14-29-47)64(45-24-9-3-10-25-45)48-30-23-37-53(42-48)67(50-31-15-6-16-32-50,51-33-17-7-18-34-51)52-35-19-8-20-36-52/h3-44H,1-2H3. The number of hydrogen-bond acceptors (Lipinski definition) is 3. The average Bonchev–Trinajstić information content (AvgIpc) is 3.88. The van der Waals surface area contributed by atoms with Gasteiger partial charge >= 0.3 is 0 Å². The van der Waals surface area contributed by atoms with Gasteiger partial charge in [0.25, 0.3) is 0 Å². The zero-order valence-corrected chi connectivity index (χ0v) is 39.4. The molecule has 0 spiro atoms. The third-order valence-corrected chi connectivity index (χ3v) is 19.9. The highest BCUT2D eigenvalue weighted by Crippen LogP contribution is 2.59. The van der Waals surface area contributed by atoms with Crippen molar-refractivity contribution in [3.63, 3.8) is 0 Å². The molecule has 1 aliphatic rings. The normalized spacial score (nSPS) is 12.7. The Hall–Kier alpha value is -7.76. The number of nitrogens with zero attached hydrogens (tertiary/aromatic N) is 2. The molecular weight excluding hydrogens is 845 g/mol. The van der Waals surface area contributed by atoms with Gasteiger partial charge in [-0.15, -0.1) is 11.3 Å². The molecule has 67 heavy (non-hydrogen) atoms. The van der Waals surface area contributed by atoms with Crippen LogP contribution in [0.15, 0.2) is 255 Å². The molecule has 1 heterocycles. The molecule has 10 aromatic carbocycles. The van der Waals surface area contributed by atoms with Crippen LogP contribution in [0.2, 0.25) is 0 Å². The first-order valence-electron chi connectivity index (χ1n) is 23.2. The molecule has 320 valence electrons. The first-order chi connectivity index (χ1) is 33.0. The SMILES string of the molecule is CC1(C)c2cc(N(c3ccccc3)c3cccc([Si](c4ccccc4)(c4ccccc4)c4ccccc4)c3)ccc2-c2c(N(c3ccccc3)c3ccccc3)cc3c(sc4ccccc43)c21. The van der Waals surface area contributed by atoms with Crippen molar-refractivity contribution in [2.24, 2.45) is 0 Å². The van der Waals surface area contributed by atoms with E-state index in [9.17, 15) is 0 Å². The molecule has 0 unspecified atom stereocenters. The minimum absolute atomic E-state index is 0.324. The fraction of sp³-hybridized carbons (Fsp3) is 0.0476. The van der Waals surface area contributed by atoms with Crippen LogP contribution < -0.4 is 30.5 Å². The van der Waals surface area contributed by atoms with Gasteiger partial charge in [0.05, 0.1) is 5.69 Å². The van der Waals surface area contributed by atoms with Crippen LogP contribution >= 0.6 is 11.3 Å². The van der Waals surface area contributed by atoms with Gasteiger partial charge in [-0.3, -0.25) is 0 Å². The number of benzene rings is 10. The van der Waals surface area contributed by atoms with Crippen molar-refractivity contribution in [2.45, 2.75) is 19.3 Å². The molecule has 0 aliphatic heterocycles. The van der Waals surface area contributed by atoms with Crippen molar-refractivity contribution in [3.8, 4) is 11.1 Å². The van der Waals surface area contributed by atoms with E-state index in [-0.39, 0.29) is 5.41 Å². The van der Waals surface area contributed by atoms with Crippen LogP contribution in [-0.4, -0.2) is 8.07 Å². The molecule has 0 N–H and O–H groups in total. The smallest absolute Gasteiger partial charge is 0.179 e. The molecule has 0 saturated carbocycles. The fourth-order valence-corrected chi connectivity index (χ4v) is 17.2. The summed E-state index contributed by atoms with van der Waals surface area (Å²) in [7, 11) is -2.81. The zero-order valence-electron chi connectivity index (χ0n) is 37.6. The van der Waals surface area contributed by atoms with Gasteiger partial charge in [0.15, 0.2) is 8.07 Å². The average molecular weight is 893 g/mol. The summed E-state index contributed by atoms with van der Waals surface area (Å²) in [6, 6.07) is 94.3. The van der Waals surface area contributed by atoms with Gasteiger partial charge in [-0.2, -0.15) is 0 Å². The molecule has 0 radical (unpaired) electrons. The molecule has 11 aromatic rings. The summed E-state index contributed by atoms with van der Waals surface area (Å²) in [6.45, 7) is 4.88. The molecule has 0 atom stereocenters. The Morgan fingerprint density at radius 2 is 0.821 bits per heavy atom. The molecule has 1 aliphatic carbocycles. The van der Waals surface area contributed by atoms with Gasteiger partial charge in [-0.1, -0.05) is 196 Å². The van der Waals surface area contributed by atoms with E-state index in [1.807, 2.05) is 11.3 Å². The number of hydrogen-bond donors (Lipinski definition) is 0. The summed E-state index contributed by atoms with van der Waals surface area (Å²) < 4.78 is 2.67. The van der Waals surface area contributed by atoms with Crippen molar-refractivity contribution >= 4 is 94.5 Å². The number of anilines is 6. The molecule has 1 aromatic heterocycles. The lowest BCUT2D eigenvalue weighted by atomic mass is 9.81. The van der Waals surface area contributed by atoms with Crippen molar-refractivity contribution < 1.29 is 0 Å². The number of thiophene rings is 1. The highest BCUT2D eigenvalue weighted by atomic mass is 32.1. The van der Waals surface area contributed by atoms with Gasteiger partial charge in [-0.05, 0) is 110 Å². The van der Waals surface area contributed by atoms with Crippen LogP contribution in [0.25, 0.3) is 31.3 Å². The maximum absolute atomic E-state index is 2.81. The summed E-state index contributed by atoms with van der Waals surface area (Å²) >= 11 is 1.93. The van der Waals surface area contributed by atoms with E-state index < -0.39 is 8.07 Å². The summed E-state index contributed by atoms with van der Waals surface area (Å²) in [6.07, 6.45) is 0. The lowest BCUT2D eigenvalue weighted by molar-refractivity contribution is 0.667. The van der Waals surface area contributed by atoms with E-state index in [2.05, 4.69) is 278 Å². The third-order valence-electron chi connectivity index (χ3n) is 13.9. The predicted octanol–water partition coefficient (Wildman–Crippen LogP) is 14.7. The van der Waals surface area contributed by atoms with Crippen molar-refractivity contribution in [2.75, 3.05) is 9.80 Å². The van der Waals surface area contributed by atoms with Crippen molar-refractivity contribution in [1.29, 1.82) is 0 Å². The van der Waals surface area contributed by atoms with Crippen LogP contribution in [0.3, 0.4) is 0 Å². The maximum atomic E-state index is 2.49. The van der Waals surface area contributed by atoms with Crippen LogP contribution in [0, 0.1) is 0 Å². The lowest BCUT2D eigenvalue weighted by Crippen LogP contribution is -2.74. The predicted molar refractivity (Wildman–Crippen MR) is 290 cm³/mol. The molecule has 4 heteroatoms. The van der Waals surface area contributed by atoms with Crippen LogP contribution in [-0.2, 0) is 5.41 Å². The molecule has 0 amide bonds. The van der Waals surface area contributed by atoms with Gasteiger partial charge in [0.2, 0.25) is 0 Å². The van der Waals surface area contributed by atoms with E-state index in [0.717, 1.165) is 28.4 Å². The van der Waals surface area contributed by atoms with E-state index in [0.29, 0.717) is 0 Å². The van der Waals surface area contributed by atoms with Gasteiger partial charge < -0.3 is 9.80 Å². The molecule has 2 nitrogen and oxygen atoms in total. The van der Waals surface area contributed by atoms with Crippen molar-refractivity contribution in [3.05, 3.63) is 266 Å².